The lowest BCUT2D eigenvalue weighted by molar-refractivity contribution is -0.136. The Bertz CT molecular complexity index is 774. The summed E-state index contributed by atoms with van der Waals surface area (Å²) in [5, 5.41) is 24.0. The zero-order valence-corrected chi connectivity index (χ0v) is 15.4. The first-order valence-corrected chi connectivity index (χ1v) is 9.05. The number of carbonyl (C=O) groups excluding carboxylic acids is 2. The van der Waals surface area contributed by atoms with Crippen LogP contribution in [0.5, 0.6) is 0 Å². The molecule has 1 aromatic rings. The van der Waals surface area contributed by atoms with Crippen molar-refractivity contribution >= 4 is 53.5 Å². The Kier molecular flexibility index (Phi) is 8.06. The highest BCUT2D eigenvalue weighted by atomic mass is 35.5. The van der Waals surface area contributed by atoms with Gasteiger partial charge in [-0.1, -0.05) is 11.6 Å². The third kappa shape index (κ3) is 7.72. The predicted octanol–water partition coefficient (Wildman–Crippen LogP) is -0.151. The van der Waals surface area contributed by atoms with Crippen LogP contribution < -0.4 is 10.5 Å². The lowest BCUT2D eigenvalue weighted by Gasteiger charge is -2.18. The summed E-state index contributed by atoms with van der Waals surface area (Å²) in [4.78, 5) is 24.3. The molecule has 0 radical (unpaired) electrons. The average Bonchev–Trinajstić information content (AvgIpc) is 2.43. The first-order valence-electron chi connectivity index (χ1n) is 7.31. The van der Waals surface area contributed by atoms with Crippen LogP contribution in [-0.4, -0.2) is 54.9 Å². The molecule has 1 atom stereocenters. The minimum Gasteiger partial charge on any atom is -0.437 e. The molecule has 0 aromatic heterocycles. The lowest BCUT2D eigenvalue weighted by Crippen LogP contribution is -2.47. The van der Waals surface area contributed by atoms with Gasteiger partial charge in [-0.25, -0.2) is 4.79 Å². The van der Waals surface area contributed by atoms with Crippen LogP contribution in [0.25, 0.3) is 0 Å². The average molecular weight is 406 g/mol. The van der Waals surface area contributed by atoms with Crippen LogP contribution in [0.4, 0.5) is 5.69 Å². The molecule has 142 valence electrons. The summed E-state index contributed by atoms with van der Waals surface area (Å²) in [5.41, 5.74) is 0.254. The molecule has 1 rings (SSSR count). The van der Waals surface area contributed by atoms with E-state index in [1.807, 2.05) is 0 Å². The molecule has 10 nitrogen and oxygen atoms in total. The predicted molar refractivity (Wildman–Crippen MR) is 96.3 cm³/mol. The fourth-order valence-electron chi connectivity index (χ4n) is 2.06. The highest BCUT2D eigenvalue weighted by molar-refractivity contribution is 7.81. The van der Waals surface area contributed by atoms with Crippen molar-refractivity contribution in [2.24, 2.45) is 0 Å². The maximum Gasteiger partial charge on any atom is 0.449 e. The Balaban J connectivity index is 3.08. The number of hydrogen-bond acceptors (Lipinski definition) is 9. The molecular formula is C12H17B2ClN2O8S. The number of ketones is 1. The Morgan fingerprint density at radius 3 is 2.38 bits per heavy atom. The number of benzene rings is 1. The van der Waals surface area contributed by atoms with Gasteiger partial charge >= 0.3 is 30.5 Å². The highest BCUT2D eigenvalue weighted by Gasteiger charge is 2.30. The second kappa shape index (κ2) is 9.35. The molecule has 26 heavy (non-hydrogen) atoms. The van der Waals surface area contributed by atoms with Crippen molar-refractivity contribution in [1.82, 2.24) is 5.23 Å². The topological polar surface area (TPSA) is 162 Å². The van der Waals surface area contributed by atoms with Gasteiger partial charge in [-0.05, 0) is 31.8 Å². The number of anilines is 1. The van der Waals surface area contributed by atoms with Gasteiger partial charge in [0.1, 0.15) is 6.04 Å². The number of halogens is 1. The minimum absolute atomic E-state index is 0.0624. The van der Waals surface area contributed by atoms with Crippen LogP contribution in [0, 0.1) is 0 Å². The summed E-state index contributed by atoms with van der Waals surface area (Å²) in [6.45, 7) is 2.65. The van der Waals surface area contributed by atoms with E-state index < -0.39 is 48.7 Å². The van der Waals surface area contributed by atoms with Crippen molar-refractivity contribution in [3.8, 4) is 0 Å². The van der Waals surface area contributed by atoms with E-state index >= 15 is 0 Å². The quantitative estimate of drug-likeness (QED) is 0.212. The molecular weight excluding hydrogens is 389 g/mol. The Hall–Kier alpha value is -1.63. The molecule has 14 heteroatoms. The molecule has 0 aliphatic rings. The normalized spacial score (nSPS) is 12.2. The second-order valence-corrected chi connectivity index (χ2v) is 6.82. The van der Waals surface area contributed by atoms with Crippen molar-refractivity contribution in [3.05, 3.63) is 28.8 Å². The monoisotopic (exact) mass is 406 g/mol. The van der Waals surface area contributed by atoms with E-state index in [0.29, 0.717) is 0 Å². The van der Waals surface area contributed by atoms with Gasteiger partial charge in [-0.15, -0.1) is 0 Å². The largest absolute Gasteiger partial charge is 0.449 e. The molecule has 5 N–H and O–H groups in total. The van der Waals surface area contributed by atoms with Crippen molar-refractivity contribution in [3.63, 3.8) is 0 Å². The van der Waals surface area contributed by atoms with Crippen LogP contribution >= 0.6 is 11.6 Å². The Morgan fingerprint density at radius 1 is 1.27 bits per heavy atom. The molecule has 0 amide bonds. The van der Waals surface area contributed by atoms with Crippen LogP contribution in [0.1, 0.15) is 16.8 Å². The molecule has 0 heterocycles. The molecule has 0 saturated heterocycles. The smallest absolute Gasteiger partial charge is 0.437 e. The number of rotatable bonds is 9. The van der Waals surface area contributed by atoms with Crippen molar-refractivity contribution < 1.29 is 36.8 Å². The van der Waals surface area contributed by atoms with Gasteiger partial charge < -0.3 is 24.7 Å². The van der Waals surface area contributed by atoms with Crippen molar-refractivity contribution in [2.45, 2.75) is 26.1 Å². The second-order valence-electron chi connectivity index (χ2n) is 5.36. The van der Waals surface area contributed by atoms with Crippen molar-refractivity contribution in [2.75, 3.05) is 5.23 Å². The molecule has 0 fully saturated rings. The van der Waals surface area contributed by atoms with E-state index in [1.54, 1.807) is 0 Å². The van der Waals surface area contributed by atoms with E-state index in [2.05, 4.69) is 14.6 Å². The minimum atomic E-state index is -5.08. The van der Waals surface area contributed by atoms with Gasteiger partial charge in [0.05, 0.1) is 0 Å². The molecule has 0 saturated carbocycles. The molecule has 0 bridgehead atoms. The summed E-state index contributed by atoms with van der Waals surface area (Å²) in [5.74, 6) is -2.11. The number of carbonyl (C=O) groups is 2. The highest BCUT2D eigenvalue weighted by Crippen LogP contribution is 2.23. The maximum absolute atomic E-state index is 12.5. The number of hydrogen-bond donors (Lipinski definition) is 5. The van der Waals surface area contributed by atoms with E-state index in [9.17, 15) is 28.1 Å². The van der Waals surface area contributed by atoms with Gasteiger partial charge in [-0.2, -0.15) is 8.42 Å². The zero-order chi connectivity index (χ0) is 20.1. The summed E-state index contributed by atoms with van der Waals surface area (Å²) in [7, 11) is -7.36. The third-order valence-corrected chi connectivity index (χ3v) is 3.56. The van der Waals surface area contributed by atoms with Gasteiger partial charge in [-0.3, -0.25) is 9.35 Å². The first kappa shape index (κ1) is 22.4. The molecule has 0 spiro atoms. The van der Waals surface area contributed by atoms with Crippen LogP contribution in [0.3, 0.4) is 0 Å². The van der Waals surface area contributed by atoms with Crippen molar-refractivity contribution in [1.29, 1.82) is 0 Å². The third-order valence-electron chi connectivity index (χ3n) is 2.95. The molecule has 1 unspecified atom stereocenters. The summed E-state index contributed by atoms with van der Waals surface area (Å²) in [6.07, 6.45) is -0.602. The maximum atomic E-state index is 12.5. The molecule has 0 aliphatic carbocycles. The summed E-state index contributed by atoms with van der Waals surface area (Å²) in [6, 6.07) is 2.59. The van der Waals surface area contributed by atoms with Gasteiger partial charge in [0.2, 0.25) is 0 Å². The zero-order valence-electron chi connectivity index (χ0n) is 13.8. The van der Waals surface area contributed by atoms with Gasteiger partial charge in [0.15, 0.2) is 5.78 Å². The standard InChI is InChI=1S/C12H17B2ClN2O8S/c1-13(20)16-9-5-7(15)3-4-8(9)11(18)6-10(17-14(2)21)12(19)25-26(22,23)24/h3-5,10,16-17,20-21H,6H2,1-2H3,(H,22,23,24). The van der Waals surface area contributed by atoms with E-state index in [4.69, 9.17) is 16.2 Å². The molecule has 0 aliphatic heterocycles. The van der Waals surface area contributed by atoms with Gasteiger partial charge in [0.25, 0.3) is 0 Å². The Labute approximate surface area is 156 Å². The Morgan fingerprint density at radius 2 is 1.88 bits per heavy atom. The van der Waals surface area contributed by atoms with E-state index in [0.717, 1.165) is 0 Å². The molecule has 1 aromatic carbocycles. The van der Waals surface area contributed by atoms with Crippen LogP contribution in [0.15, 0.2) is 18.2 Å². The van der Waals surface area contributed by atoms with Crippen LogP contribution in [0.2, 0.25) is 18.7 Å². The fraction of sp³-hybridized carbons (Fsp3) is 0.333. The number of Topliss-reactive ketones (excluding diaryl/α,β-unsaturated/α-hetero) is 1. The van der Waals surface area contributed by atoms with E-state index in [1.165, 1.54) is 31.8 Å². The number of nitrogens with one attached hydrogen (secondary N) is 2. The van der Waals surface area contributed by atoms with E-state index in [-0.39, 0.29) is 16.3 Å². The fourth-order valence-corrected chi connectivity index (χ4v) is 2.56. The van der Waals surface area contributed by atoms with Gasteiger partial charge in [0, 0.05) is 22.7 Å². The first-order chi connectivity index (χ1) is 11.9. The summed E-state index contributed by atoms with van der Waals surface area (Å²) >= 11 is 5.86. The summed E-state index contributed by atoms with van der Waals surface area (Å²) < 4.78 is 33.8. The SMILES string of the molecule is CB(O)Nc1cc(Cl)ccc1C(=O)CC(NB(C)O)C(=O)OS(=O)(=O)O. The lowest BCUT2D eigenvalue weighted by atomic mass is 9.85. The van der Waals surface area contributed by atoms with Crippen LogP contribution in [-0.2, 0) is 19.4 Å².